The molecule has 1 aromatic rings. The third-order valence-corrected chi connectivity index (χ3v) is 2.93. The zero-order chi connectivity index (χ0) is 12.8. The van der Waals surface area contributed by atoms with Gasteiger partial charge in [-0.25, -0.2) is 0 Å². The van der Waals surface area contributed by atoms with E-state index in [1.54, 1.807) is 18.5 Å². The Morgan fingerprint density at radius 2 is 2.29 bits per heavy atom. The molecule has 0 aromatic carbocycles. The number of hydrogen-bond acceptors (Lipinski definition) is 4. The van der Waals surface area contributed by atoms with Crippen LogP contribution in [-0.2, 0) is 0 Å². The first kappa shape index (κ1) is 13.4. The summed E-state index contributed by atoms with van der Waals surface area (Å²) < 4.78 is 0. The van der Waals surface area contributed by atoms with Crippen LogP contribution in [0.5, 0.6) is 0 Å². The van der Waals surface area contributed by atoms with Gasteiger partial charge in [-0.05, 0) is 26.3 Å². The third kappa shape index (κ3) is 2.94. The number of hydrazine groups is 1. The summed E-state index contributed by atoms with van der Waals surface area (Å²) in [6, 6.07) is 1.90. The second-order valence-corrected chi connectivity index (χ2v) is 3.91. The van der Waals surface area contributed by atoms with Gasteiger partial charge in [0, 0.05) is 18.8 Å². The predicted molar refractivity (Wildman–Crippen MR) is 68.5 cm³/mol. The fourth-order valence-electron chi connectivity index (χ4n) is 1.73. The number of nitrogens with two attached hydrogens (primary N) is 1. The van der Waals surface area contributed by atoms with E-state index in [1.165, 1.54) is 0 Å². The molecule has 0 bridgehead atoms. The van der Waals surface area contributed by atoms with Gasteiger partial charge < -0.3 is 10.3 Å². The number of amides is 1. The summed E-state index contributed by atoms with van der Waals surface area (Å²) in [5, 5.41) is 0. The lowest BCUT2D eigenvalue weighted by molar-refractivity contribution is 0.0701. The minimum atomic E-state index is -0.0165. The Bertz CT molecular complexity index is 381. The van der Waals surface area contributed by atoms with Gasteiger partial charge in [-0.1, -0.05) is 6.92 Å². The lowest BCUT2D eigenvalue weighted by Crippen LogP contribution is -2.38. The van der Waals surface area contributed by atoms with Crippen molar-refractivity contribution in [3.05, 3.63) is 24.0 Å². The smallest absolute Gasteiger partial charge is 0.256 e. The molecular weight excluding hydrogens is 216 g/mol. The highest BCUT2D eigenvalue weighted by Crippen LogP contribution is 2.17. The van der Waals surface area contributed by atoms with Crippen LogP contribution in [0.15, 0.2) is 18.5 Å². The Labute approximate surface area is 102 Å². The number of nitrogen functional groups attached to an aromatic ring is 1. The molecule has 0 saturated heterocycles. The molecule has 1 amide bonds. The van der Waals surface area contributed by atoms with Crippen LogP contribution in [0.3, 0.4) is 0 Å². The van der Waals surface area contributed by atoms with E-state index in [2.05, 4.69) is 17.3 Å². The number of nitrogens with one attached hydrogen (secondary N) is 1. The predicted octanol–water partition coefficient (Wildman–Crippen LogP) is 1.63. The van der Waals surface area contributed by atoms with Crippen LogP contribution < -0.4 is 11.3 Å². The minimum absolute atomic E-state index is 0.0165. The number of pyridine rings is 1. The maximum atomic E-state index is 12.4. The molecule has 94 valence electrons. The van der Waals surface area contributed by atoms with Crippen LogP contribution in [0.2, 0.25) is 0 Å². The lowest BCUT2D eigenvalue weighted by atomic mass is 10.1. The Morgan fingerprint density at radius 3 is 2.82 bits per heavy atom. The Morgan fingerprint density at radius 1 is 1.59 bits per heavy atom. The summed E-state index contributed by atoms with van der Waals surface area (Å²) in [5.74, 6) is 5.36. The van der Waals surface area contributed by atoms with Crippen molar-refractivity contribution >= 4 is 11.6 Å². The highest BCUT2D eigenvalue weighted by molar-refractivity contribution is 5.99. The largest absolute Gasteiger partial charge is 0.336 e. The van der Waals surface area contributed by atoms with E-state index in [0.717, 1.165) is 6.42 Å². The van der Waals surface area contributed by atoms with Crippen LogP contribution in [0.1, 0.15) is 37.6 Å². The molecule has 1 unspecified atom stereocenters. The van der Waals surface area contributed by atoms with Crippen LogP contribution >= 0.6 is 0 Å². The highest BCUT2D eigenvalue weighted by atomic mass is 16.2. The summed E-state index contributed by atoms with van der Waals surface area (Å²) in [5.41, 5.74) is 3.62. The van der Waals surface area contributed by atoms with E-state index in [9.17, 15) is 4.79 Å². The quantitative estimate of drug-likeness (QED) is 0.602. The van der Waals surface area contributed by atoms with E-state index >= 15 is 0 Å². The van der Waals surface area contributed by atoms with Crippen molar-refractivity contribution in [2.75, 3.05) is 12.0 Å². The first-order chi connectivity index (χ1) is 8.15. The number of hydrogen-bond donors (Lipinski definition) is 2. The Balaban J connectivity index is 3.01. The van der Waals surface area contributed by atoms with Gasteiger partial charge in [-0.15, -0.1) is 0 Å². The van der Waals surface area contributed by atoms with E-state index < -0.39 is 0 Å². The topological polar surface area (TPSA) is 71.2 Å². The zero-order valence-electron chi connectivity index (χ0n) is 10.6. The van der Waals surface area contributed by atoms with Gasteiger partial charge in [0.2, 0.25) is 0 Å². The Hall–Kier alpha value is -1.62. The van der Waals surface area contributed by atoms with Crippen molar-refractivity contribution in [3.63, 3.8) is 0 Å². The maximum Gasteiger partial charge on any atom is 0.256 e. The molecule has 0 aliphatic carbocycles. The van der Waals surface area contributed by atoms with Crippen molar-refractivity contribution < 1.29 is 4.79 Å². The zero-order valence-corrected chi connectivity index (χ0v) is 10.6. The lowest BCUT2D eigenvalue weighted by Gasteiger charge is -2.27. The summed E-state index contributed by atoms with van der Waals surface area (Å²) >= 11 is 0. The normalized spacial score (nSPS) is 12.0. The van der Waals surface area contributed by atoms with Gasteiger partial charge in [-0.2, -0.15) is 0 Å². The molecule has 0 saturated carbocycles. The molecule has 3 N–H and O–H groups in total. The van der Waals surface area contributed by atoms with Crippen LogP contribution in [0, 0.1) is 0 Å². The molecule has 0 spiro atoms. The van der Waals surface area contributed by atoms with Crippen LogP contribution in [0.4, 0.5) is 5.69 Å². The van der Waals surface area contributed by atoms with Crippen molar-refractivity contribution in [3.8, 4) is 0 Å². The fourth-order valence-corrected chi connectivity index (χ4v) is 1.73. The number of carbonyl (C=O) groups excluding carboxylic acids is 1. The number of anilines is 1. The molecule has 5 nitrogen and oxygen atoms in total. The van der Waals surface area contributed by atoms with Crippen molar-refractivity contribution in [2.24, 2.45) is 5.84 Å². The minimum Gasteiger partial charge on any atom is -0.336 e. The molecule has 0 fully saturated rings. The molecule has 17 heavy (non-hydrogen) atoms. The number of carbonyl (C=O) groups is 1. The molecule has 1 rings (SSSR count). The van der Waals surface area contributed by atoms with Crippen molar-refractivity contribution in [1.29, 1.82) is 0 Å². The molecule has 0 radical (unpaired) electrons. The van der Waals surface area contributed by atoms with E-state index in [4.69, 9.17) is 5.84 Å². The molecule has 0 aliphatic rings. The van der Waals surface area contributed by atoms with Gasteiger partial charge in [0.15, 0.2) is 0 Å². The van der Waals surface area contributed by atoms with Crippen molar-refractivity contribution in [2.45, 2.75) is 33.2 Å². The Kier molecular flexibility index (Phi) is 4.90. The summed E-state index contributed by atoms with van der Waals surface area (Å²) in [6.07, 6.45) is 4.08. The molecule has 1 heterocycles. The highest BCUT2D eigenvalue weighted by Gasteiger charge is 2.20. The van der Waals surface area contributed by atoms with E-state index in [-0.39, 0.29) is 11.9 Å². The SMILES string of the molecule is CCC(C)N(CC)C(=O)c1ccncc1NN. The van der Waals surface area contributed by atoms with Gasteiger partial charge >= 0.3 is 0 Å². The average molecular weight is 236 g/mol. The van der Waals surface area contributed by atoms with E-state index in [0.29, 0.717) is 17.8 Å². The molecular formula is C12H20N4O. The van der Waals surface area contributed by atoms with Gasteiger partial charge in [0.25, 0.3) is 5.91 Å². The first-order valence-corrected chi connectivity index (χ1v) is 5.87. The van der Waals surface area contributed by atoms with Gasteiger partial charge in [-0.3, -0.25) is 15.6 Å². The summed E-state index contributed by atoms with van der Waals surface area (Å²) in [7, 11) is 0. The molecule has 1 atom stereocenters. The number of nitrogens with zero attached hydrogens (tertiary/aromatic N) is 2. The molecule has 1 aromatic heterocycles. The van der Waals surface area contributed by atoms with Crippen LogP contribution in [-0.4, -0.2) is 28.4 Å². The molecule has 0 aliphatic heterocycles. The first-order valence-electron chi connectivity index (χ1n) is 5.87. The average Bonchev–Trinajstić information content (AvgIpc) is 2.38. The summed E-state index contributed by atoms with van der Waals surface area (Å²) in [4.78, 5) is 18.1. The second-order valence-electron chi connectivity index (χ2n) is 3.91. The second kappa shape index (κ2) is 6.20. The van der Waals surface area contributed by atoms with Crippen LogP contribution in [0.25, 0.3) is 0 Å². The van der Waals surface area contributed by atoms with E-state index in [1.807, 2.05) is 18.7 Å². The monoisotopic (exact) mass is 236 g/mol. The standard InChI is InChI=1S/C12H20N4O/c1-4-9(3)16(5-2)12(17)10-6-7-14-8-11(10)15-13/h6-9,15H,4-5,13H2,1-3H3. The third-order valence-electron chi connectivity index (χ3n) is 2.93. The van der Waals surface area contributed by atoms with Crippen molar-refractivity contribution in [1.82, 2.24) is 9.88 Å². The van der Waals surface area contributed by atoms with Gasteiger partial charge in [0.1, 0.15) is 0 Å². The summed E-state index contributed by atoms with van der Waals surface area (Å²) in [6.45, 7) is 6.76. The maximum absolute atomic E-state index is 12.4. The number of rotatable bonds is 5. The van der Waals surface area contributed by atoms with Gasteiger partial charge in [0.05, 0.1) is 17.4 Å². The molecule has 5 heteroatoms. The number of aromatic nitrogens is 1. The fraction of sp³-hybridized carbons (Fsp3) is 0.500.